The van der Waals surface area contributed by atoms with Crippen molar-refractivity contribution in [3.8, 4) is 0 Å². The van der Waals surface area contributed by atoms with Crippen LogP contribution in [0.2, 0.25) is 10.0 Å². The van der Waals surface area contributed by atoms with Gasteiger partial charge in [-0.2, -0.15) is 0 Å². The minimum atomic E-state index is -1.24. The van der Waals surface area contributed by atoms with Crippen LogP contribution in [0.3, 0.4) is 0 Å². The summed E-state index contributed by atoms with van der Waals surface area (Å²) in [7, 11) is 0. The number of hydrogen-bond donors (Lipinski definition) is 4. The highest BCUT2D eigenvalue weighted by Gasteiger charge is 2.72. The van der Waals surface area contributed by atoms with E-state index in [4.69, 9.17) is 23.2 Å². The Morgan fingerprint density at radius 2 is 1.86 bits per heavy atom. The molecular weight excluding hydrogens is 516 g/mol. The van der Waals surface area contributed by atoms with Crippen LogP contribution in [0.25, 0.3) is 0 Å². The normalized spacial score (nSPS) is 33.8. The number of fused-ring (bicyclic) bond motifs is 3. The van der Waals surface area contributed by atoms with Crippen molar-refractivity contribution in [3.63, 3.8) is 0 Å². The predicted octanol–water partition coefficient (Wildman–Crippen LogP) is 4.81. The SMILES string of the molecule is CC1(O)CC(NC(=O)[C@@H]2NC3(CCCCC3)[C@@]3(C(=O)Nc4cc(Cl)ccc43)[C@H]2c2cccc(Cl)c2F)C1. The Hall–Kier alpha value is -2.19. The summed E-state index contributed by atoms with van der Waals surface area (Å²) in [5, 5.41) is 20.3. The Balaban J connectivity index is 1.55. The largest absolute Gasteiger partial charge is 0.390 e. The summed E-state index contributed by atoms with van der Waals surface area (Å²) < 4.78 is 15.8. The molecule has 3 atom stereocenters. The molecule has 9 heteroatoms. The monoisotopic (exact) mass is 545 g/mol. The molecule has 6 rings (SSSR count). The highest BCUT2D eigenvalue weighted by atomic mass is 35.5. The molecular formula is C28H30Cl2FN3O3. The van der Waals surface area contributed by atoms with Gasteiger partial charge in [0.15, 0.2) is 0 Å². The molecule has 2 saturated carbocycles. The molecule has 37 heavy (non-hydrogen) atoms. The van der Waals surface area contributed by atoms with Gasteiger partial charge in [-0.25, -0.2) is 4.39 Å². The summed E-state index contributed by atoms with van der Waals surface area (Å²) in [4.78, 5) is 28.2. The lowest BCUT2D eigenvalue weighted by Crippen LogP contribution is -2.60. The molecule has 2 spiro atoms. The van der Waals surface area contributed by atoms with Gasteiger partial charge in [0.2, 0.25) is 11.8 Å². The lowest BCUT2D eigenvalue weighted by molar-refractivity contribution is -0.127. The molecule has 2 heterocycles. The Morgan fingerprint density at radius 1 is 1.14 bits per heavy atom. The van der Waals surface area contributed by atoms with Crippen molar-refractivity contribution in [1.82, 2.24) is 10.6 Å². The van der Waals surface area contributed by atoms with Crippen LogP contribution in [0.5, 0.6) is 0 Å². The van der Waals surface area contributed by atoms with Crippen LogP contribution >= 0.6 is 23.2 Å². The van der Waals surface area contributed by atoms with E-state index in [0.717, 1.165) is 24.8 Å². The van der Waals surface area contributed by atoms with Crippen LogP contribution in [-0.4, -0.2) is 40.1 Å². The van der Waals surface area contributed by atoms with Crippen molar-refractivity contribution < 1.29 is 19.1 Å². The van der Waals surface area contributed by atoms with E-state index >= 15 is 4.39 Å². The second-order valence-electron chi connectivity index (χ2n) is 11.4. The van der Waals surface area contributed by atoms with Crippen molar-refractivity contribution in [3.05, 3.63) is 63.4 Å². The Bertz CT molecular complexity index is 1290. The molecule has 0 aromatic heterocycles. The van der Waals surface area contributed by atoms with Gasteiger partial charge in [0.1, 0.15) is 11.2 Å². The van der Waals surface area contributed by atoms with Gasteiger partial charge in [0.05, 0.1) is 16.7 Å². The van der Waals surface area contributed by atoms with Gasteiger partial charge >= 0.3 is 0 Å². The molecule has 2 aromatic carbocycles. The molecule has 0 radical (unpaired) electrons. The third-order valence-electron chi connectivity index (χ3n) is 9.02. The third kappa shape index (κ3) is 3.65. The van der Waals surface area contributed by atoms with Gasteiger partial charge in [0.25, 0.3) is 0 Å². The number of anilines is 1. The topological polar surface area (TPSA) is 90.5 Å². The molecule has 196 valence electrons. The third-order valence-corrected chi connectivity index (χ3v) is 9.55. The molecule has 0 unspecified atom stereocenters. The zero-order valence-corrected chi connectivity index (χ0v) is 22.1. The van der Waals surface area contributed by atoms with Crippen LogP contribution in [0, 0.1) is 5.82 Å². The fraction of sp³-hybridized carbons (Fsp3) is 0.500. The van der Waals surface area contributed by atoms with E-state index in [1.807, 2.05) is 6.07 Å². The zero-order valence-electron chi connectivity index (χ0n) is 20.5. The number of carbonyl (C=O) groups excluding carboxylic acids is 2. The van der Waals surface area contributed by atoms with Gasteiger partial charge in [-0.05, 0) is 61.9 Å². The second-order valence-corrected chi connectivity index (χ2v) is 12.3. The minimum Gasteiger partial charge on any atom is -0.390 e. The molecule has 4 N–H and O–H groups in total. The summed E-state index contributed by atoms with van der Waals surface area (Å²) >= 11 is 12.6. The molecule has 0 bridgehead atoms. The number of hydrogen-bond acceptors (Lipinski definition) is 4. The highest BCUT2D eigenvalue weighted by molar-refractivity contribution is 6.31. The summed E-state index contributed by atoms with van der Waals surface area (Å²) in [6, 6.07) is 9.00. The quantitative estimate of drug-likeness (QED) is 0.445. The number of nitrogens with one attached hydrogen (secondary N) is 3. The summed E-state index contributed by atoms with van der Waals surface area (Å²) in [5.41, 5.74) is -1.27. The van der Waals surface area contributed by atoms with Crippen LogP contribution < -0.4 is 16.0 Å². The summed E-state index contributed by atoms with van der Waals surface area (Å²) in [5.74, 6) is -2.04. The first-order chi connectivity index (χ1) is 17.6. The van der Waals surface area contributed by atoms with Gasteiger partial charge in [0, 0.05) is 28.2 Å². The van der Waals surface area contributed by atoms with E-state index in [2.05, 4.69) is 16.0 Å². The molecule has 2 aliphatic carbocycles. The predicted molar refractivity (Wildman–Crippen MR) is 140 cm³/mol. The summed E-state index contributed by atoms with van der Waals surface area (Å²) in [6.45, 7) is 1.74. The number of amides is 2. The molecule has 4 aliphatic rings. The first-order valence-electron chi connectivity index (χ1n) is 12.9. The van der Waals surface area contributed by atoms with Gasteiger partial charge < -0.3 is 15.7 Å². The number of halogens is 3. The van der Waals surface area contributed by atoms with Gasteiger partial charge in [-0.1, -0.05) is 60.7 Å². The maximum Gasteiger partial charge on any atom is 0.238 e. The van der Waals surface area contributed by atoms with Gasteiger partial charge in [-0.3, -0.25) is 14.9 Å². The molecule has 2 aliphatic heterocycles. The van der Waals surface area contributed by atoms with E-state index in [0.29, 0.717) is 36.4 Å². The Kier molecular flexibility index (Phi) is 5.88. The fourth-order valence-electron chi connectivity index (χ4n) is 7.61. The first kappa shape index (κ1) is 25.1. The maximum atomic E-state index is 15.8. The molecule has 2 aromatic rings. The number of rotatable bonds is 3. The average molecular weight is 546 g/mol. The Labute approximate surface area is 225 Å². The van der Waals surface area contributed by atoms with Crippen molar-refractivity contribution in [2.75, 3.05) is 5.32 Å². The molecule has 1 saturated heterocycles. The van der Waals surface area contributed by atoms with Crippen molar-refractivity contribution in [2.24, 2.45) is 0 Å². The number of benzene rings is 2. The van der Waals surface area contributed by atoms with Crippen molar-refractivity contribution in [2.45, 2.75) is 86.4 Å². The lowest BCUT2D eigenvalue weighted by atomic mass is 9.55. The van der Waals surface area contributed by atoms with Crippen LogP contribution in [0.4, 0.5) is 10.1 Å². The minimum absolute atomic E-state index is 0.0545. The lowest BCUT2D eigenvalue weighted by Gasteiger charge is -2.47. The number of aliphatic hydroxyl groups is 1. The summed E-state index contributed by atoms with van der Waals surface area (Å²) in [6.07, 6.45) is 5.02. The van der Waals surface area contributed by atoms with Crippen molar-refractivity contribution >= 4 is 40.7 Å². The zero-order chi connectivity index (χ0) is 26.2. The van der Waals surface area contributed by atoms with E-state index in [1.54, 1.807) is 31.2 Å². The van der Waals surface area contributed by atoms with E-state index in [9.17, 15) is 14.7 Å². The standard InChI is InChI=1S/C28H30Cl2FN3O3/c1-26(37)13-16(14-26)32-24(35)23-21(17-6-5-7-19(30)22(17)31)28(27(34-23)10-3-2-4-11-27)18-9-8-15(29)12-20(18)33-25(28)36/h5-9,12,16,21,23,34,37H,2-4,10-11,13-14H2,1H3,(H,32,35)(H,33,36)/t16?,21-,23+,26?,28+/m0/s1. The van der Waals surface area contributed by atoms with Gasteiger partial charge in [-0.15, -0.1) is 0 Å². The number of carbonyl (C=O) groups is 2. The highest BCUT2D eigenvalue weighted by Crippen LogP contribution is 2.62. The second kappa shape index (κ2) is 8.67. The van der Waals surface area contributed by atoms with Crippen LogP contribution in [-0.2, 0) is 15.0 Å². The van der Waals surface area contributed by atoms with E-state index in [1.165, 1.54) is 6.07 Å². The van der Waals surface area contributed by atoms with Crippen LogP contribution in [0.1, 0.15) is 68.9 Å². The molecule has 2 amide bonds. The molecule has 6 nitrogen and oxygen atoms in total. The van der Waals surface area contributed by atoms with Crippen molar-refractivity contribution in [1.29, 1.82) is 0 Å². The molecule has 3 fully saturated rings. The maximum absolute atomic E-state index is 15.8. The van der Waals surface area contributed by atoms with E-state index < -0.39 is 34.3 Å². The van der Waals surface area contributed by atoms with E-state index in [-0.39, 0.29) is 28.4 Å². The smallest absolute Gasteiger partial charge is 0.238 e. The fourth-order valence-corrected chi connectivity index (χ4v) is 7.97. The average Bonchev–Trinajstić information content (AvgIpc) is 3.28. The van der Waals surface area contributed by atoms with Crippen LogP contribution in [0.15, 0.2) is 36.4 Å². The first-order valence-corrected chi connectivity index (χ1v) is 13.7. The Morgan fingerprint density at radius 3 is 2.57 bits per heavy atom.